The maximum absolute atomic E-state index is 13.1. The van der Waals surface area contributed by atoms with Gasteiger partial charge in [-0.25, -0.2) is 0 Å². The average molecular weight is 570 g/mol. The number of amides is 5. The van der Waals surface area contributed by atoms with Gasteiger partial charge in [0, 0.05) is 13.0 Å². The van der Waals surface area contributed by atoms with E-state index in [4.69, 9.17) is 17.2 Å². The standard InChI is InChI=1S/C23H39N9O8/c1-12(24)21(39)29-11-18(35)30-14-6-7-23(26,32-22(14)40)20(38)15(9-19(36)37)31-17(34)10-28-16(33)5-3-4-8-27-13(2)25/h12,14-15H,3-11,24,26H2,1-2H3,(H2,25,27)(H,28,33)(H,29,39)(H,30,35)(H,31,34)(H,32,40)(H,36,37)/t12-,14-,15-,23?/m0/s1. The minimum absolute atomic E-state index is 0.0823. The fraction of sp³-hybridized carbons (Fsp3) is 0.652. The first-order valence-electron chi connectivity index (χ1n) is 12.7. The van der Waals surface area contributed by atoms with Crippen LogP contribution < -0.4 is 43.8 Å². The Hall–Kier alpha value is -4.12. The average Bonchev–Trinajstić information content (AvgIpc) is 2.86. The third kappa shape index (κ3) is 12.2. The number of piperidine rings is 1. The van der Waals surface area contributed by atoms with Crippen molar-refractivity contribution in [3.63, 3.8) is 0 Å². The number of hydrogen-bond donors (Lipinski definition) is 9. The molecular formula is C23H39N9O8. The van der Waals surface area contributed by atoms with Crippen molar-refractivity contribution in [3.8, 4) is 0 Å². The highest BCUT2D eigenvalue weighted by molar-refractivity contribution is 6.02. The summed E-state index contributed by atoms with van der Waals surface area (Å²) in [6.07, 6.45) is 0.142. The summed E-state index contributed by atoms with van der Waals surface area (Å²) >= 11 is 0. The van der Waals surface area contributed by atoms with E-state index in [-0.39, 0.29) is 19.3 Å². The lowest BCUT2D eigenvalue weighted by atomic mass is 9.87. The number of carbonyl (C=O) groups excluding carboxylic acids is 6. The van der Waals surface area contributed by atoms with Crippen molar-refractivity contribution in [1.82, 2.24) is 26.6 Å². The molecule has 1 saturated heterocycles. The molecule has 0 aromatic heterocycles. The van der Waals surface area contributed by atoms with Crippen LogP contribution in [0.5, 0.6) is 0 Å². The maximum Gasteiger partial charge on any atom is 0.305 e. The van der Waals surface area contributed by atoms with Gasteiger partial charge in [0.25, 0.3) is 0 Å². The second-order valence-corrected chi connectivity index (χ2v) is 9.47. The third-order valence-electron chi connectivity index (χ3n) is 5.75. The molecule has 12 N–H and O–H groups in total. The number of carboxylic acid groups (broad SMARTS) is 1. The van der Waals surface area contributed by atoms with E-state index in [0.717, 1.165) is 0 Å². The number of nitrogens with zero attached hydrogens (tertiary/aromatic N) is 1. The van der Waals surface area contributed by atoms with Gasteiger partial charge in [0.2, 0.25) is 29.5 Å². The number of carbonyl (C=O) groups is 7. The minimum Gasteiger partial charge on any atom is -0.481 e. The number of nitrogens with one attached hydrogen (secondary N) is 5. The Morgan fingerprint density at radius 1 is 1.10 bits per heavy atom. The van der Waals surface area contributed by atoms with Crippen molar-refractivity contribution < 1.29 is 38.7 Å². The van der Waals surface area contributed by atoms with Crippen LogP contribution in [0.2, 0.25) is 0 Å². The number of hydrogen-bond acceptors (Lipinski definition) is 10. The van der Waals surface area contributed by atoms with E-state index < -0.39 is 84.6 Å². The molecule has 0 radical (unpaired) electrons. The Labute approximate surface area is 230 Å². The number of ketones is 1. The zero-order chi connectivity index (χ0) is 30.5. The SMILES string of the molecule is CC(N)=NCCCCC(=O)NCC(=O)N[C@@H](CC(=O)O)C(=O)C1(N)CC[C@H](NC(=O)CNC(=O)[C@H](C)N)C(=O)N1. The van der Waals surface area contributed by atoms with Gasteiger partial charge in [-0.3, -0.25) is 38.6 Å². The highest BCUT2D eigenvalue weighted by Crippen LogP contribution is 2.19. The number of rotatable bonds is 16. The number of carboxylic acids is 1. The summed E-state index contributed by atoms with van der Waals surface area (Å²) in [6, 6.07) is -3.51. The Morgan fingerprint density at radius 2 is 1.75 bits per heavy atom. The van der Waals surface area contributed by atoms with Crippen molar-refractivity contribution in [2.24, 2.45) is 22.2 Å². The van der Waals surface area contributed by atoms with Gasteiger partial charge in [0.05, 0.1) is 31.4 Å². The molecule has 1 heterocycles. The van der Waals surface area contributed by atoms with Gasteiger partial charge in [0.1, 0.15) is 12.1 Å². The van der Waals surface area contributed by atoms with Gasteiger partial charge in [-0.05, 0) is 39.5 Å². The van der Waals surface area contributed by atoms with Crippen LogP contribution in [-0.2, 0) is 33.6 Å². The van der Waals surface area contributed by atoms with Gasteiger partial charge < -0.3 is 48.9 Å². The Balaban J connectivity index is 2.65. The van der Waals surface area contributed by atoms with Gasteiger partial charge >= 0.3 is 5.97 Å². The number of unbranched alkanes of at least 4 members (excludes halogenated alkanes) is 1. The zero-order valence-corrected chi connectivity index (χ0v) is 22.6. The first kappa shape index (κ1) is 33.9. The van der Waals surface area contributed by atoms with E-state index in [0.29, 0.717) is 25.2 Å². The number of nitrogens with two attached hydrogens (primary N) is 3. The molecule has 0 aliphatic carbocycles. The van der Waals surface area contributed by atoms with Crippen molar-refractivity contribution in [2.75, 3.05) is 19.6 Å². The van der Waals surface area contributed by atoms with Crippen LogP contribution in [-0.4, -0.2) is 95.7 Å². The van der Waals surface area contributed by atoms with Crippen LogP contribution in [0.25, 0.3) is 0 Å². The van der Waals surface area contributed by atoms with Crippen molar-refractivity contribution in [2.45, 2.75) is 76.2 Å². The van der Waals surface area contributed by atoms with Crippen molar-refractivity contribution >= 4 is 47.1 Å². The predicted octanol–water partition coefficient (Wildman–Crippen LogP) is -4.31. The molecular weight excluding hydrogens is 530 g/mol. The minimum atomic E-state index is -2.03. The van der Waals surface area contributed by atoms with E-state index in [9.17, 15) is 38.7 Å². The summed E-state index contributed by atoms with van der Waals surface area (Å²) in [5.41, 5.74) is 14.9. The van der Waals surface area contributed by atoms with E-state index >= 15 is 0 Å². The predicted molar refractivity (Wildman–Crippen MR) is 141 cm³/mol. The molecule has 40 heavy (non-hydrogen) atoms. The van der Waals surface area contributed by atoms with E-state index in [1.165, 1.54) is 6.92 Å². The lowest BCUT2D eigenvalue weighted by Crippen LogP contribution is -2.71. The van der Waals surface area contributed by atoms with Gasteiger partial charge in [0.15, 0.2) is 11.4 Å². The Morgan fingerprint density at radius 3 is 2.33 bits per heavy atom. The largest absolute Gasteiger partial charge is 0.481 e. The quantitative estimate of drug-likeness (QED) is 0.0486. The van der Waals surface area contributed by atoms with Crippen LogP contribution in [0.15, 0.2) is 4.99 Å². The zero-order valence-electron chi connectivity index (χ0n) is 22.6. The molecule has 17 nitrogen and oxygen atoms in total. The fourth-order valence-electron chi connectivity index (χ4n) is 3.63. The first-order chi connectivity index (χ1) is 18.6. The summed E-state index contributed by atoms with van der Waals surface area (Å²) in [5, 5.41) is 20.8. The summed E-state index contributed by atoms with van der Waals surface area (Å²) < 4.78 is 0. The molecule has 4 atom stereocenters. The molecule has 5 amide bonds. The number of Topliss-reactive ketones (excluding diaryl/α,β-unsaturated/α-hetero) is 1. The smallest absolute Gasteiger partial charge is 0.305 e. The Bertz CT molecular complexity index is 1010. The van der Waals surface area contributed by atoms with Crippen molar-refractivity contribution in [3.05, 3.63) is 0 Å². The molecule has 0 bridgehead atoms. The topological polar surface area (TPSA) is 290 Å². The molecule has 1 rings (SSSR count). The molecule has 0 saturated carbocycles. The number of aliphatic carboxylic acids is 1. The molecule has 1 aliphatic rings. The second-order valence-electron chi connectivity index (χ2n) is 9.47. The molecule has 1 fully saturated rings. The molecule has 0 spiro atoms. The molecule has 17 heteroatoms. The summed E-state index contributed by atoms with van der Waals surface area (Å²) in [6.45, 7) is 2.60. The lowest BCUT2D eigenvalue weighted by molar-refractivity contribution is -0.143. The molecule has 0 aromatic carbocycles. The first-order valence-corrected chi connectivity index (χ1v) is 12.7. The normalized spacial score (nSPS) is 20.4. The Kier molecular flexibility index (Phi) is 13.6. The fourth-order valence-corrected chi connectivity index (χ4v) is 3.63. The van der Waals surface area contributed by atoms with Gasteiger partial charge in [-0.1, -0.05) is 0 Å². The number of aliphatic imine (C=N–C) groups is 1. The van der Waals surface area contributed by atoms with Gasteiger partial charge in [-0.2, -0.15) is 0 Å². The van der Waals surface area contributed by atoms with Crippen molar-refractivity contribution in [1.29, 1.82) is 0 Å². The van der Waals surface area contributed by atoms with Crippen LogP contribution >= 0.6 is 0 Å². The summed E-state index contributed by atoms with van der Waals surface area (Å²) in [7, 11) is 0. The van der Waals surface area contributed by atoms with Gasteiger partial charge in [-0.15, -0.1) is 0 Å². The van der Waals surface area contributed by atoms with Crippen LogP contribution in [0.1, 0.15) is 52.4 Å². The van der Waals surface area contributed by atoms with E-state index in [2.05, 4.69) is 31.6 Å². The summed E-state index contributed by atoms with van der Waals surface area (Å²) in [4.78, 5) is 88.9. The number of amidine groups is 1. The maximum atomic E-state index is 13.1. The summed E-state index contributed by atoms with van der Waals surface area (Å²) in [5.74, 6) is -5.26. The third-order valence-corrected chi connectivity index (χ3v) is 5.75. The molecule has 1 aliphatic heterocycles. The molecule has 1 unspecified atom stereocenters. The van der Waals surface area contributed by atoms with Crippen LogP contribution in [0, 0.1) is 0 Å². The van der Waals surface area contributed by atoms with E-state index in [1.807, 2.05) is 0 Å². The lowest BCUT2D eigenvalue weighted by Gasteiger charge is -2.38. The van der Waals surface area contributed by atoms with E-state index in [1.54, 1.807) is 6.92 Å². The highest BCUT2D eigenvalue weighted by Gasteiger charge is 2.46. The molecule has 0 aromatic rings. The van der Waals surface area contributed by atoms with Crippen LogP contribution in [0.4, 0.5) is 0 Å². The van der Waals surface area contributed by atoms with Crippen LogP contribution in [0.3, 0.4) is 0 Å². The second kappa shape index (κ2) is 16.1. The highest BCUT2D eigenvalue weighted by atomic mass is 16.4. The molecule has 224 valence electrons. The monoisotopic (exact) mass is 569 g/mol.